The largest absolute Gasteiger partial charge is 0.383 e. The molecule has 0 bridgehead atoms. The molecular formula is C20H22N6O. The molecule has 0 amide bonds. The first kappa shape index (κ1) is 16.3. The van der Waals surface area contributed by atoms with Gasteiger partial charge in [0.15, 0.2) is 0 Å². The molecule has 4 heterocycles. The lowest BCUT2D eigenvalue weighted by molar-refractivity contribution is -0.0478. The van der Waals surface area contributed by atoms with Gasteiger partial charge in [-0.15, -0.1) is 0 Å². The SMILES string of the molecule is CC(C)n1nc(-c2cnc(N)c(C#N)c2)cc1[C@@H]1C2=CN(C3COC3)C[C@H]21. The Balaban J connectivity index is 1.47. The summed E-state index contributed by atoms with van der Waals surface area (Å²) in [7, 11) is 0. The van der Waals surface area contributed by atoms with Crippen molar-refractivity contribution in [3.05, 3.63) is 41.4 Å². The van der Waals surface area contributed by atoms with Gasteiger partial charge >= 0.3 is 0 Å². The van der Waals surface area contributed by atoms with Crippen molar-refractivity contribution in [2.75, 3.05) is 25.5 Å². The van der Waals surface area contributed by atoms with Crippen LogP contribution in [0.25, 0.3) is 11.3 Å². The first-order valence-electron chi connectivity index (χ1n) is 9.37. The molecule has 7 nitrogen and oxygen atoms in total. The van der Waals surface area contributed by atoms with Crippen molar-refractivity contribution in [3.8, 4) is 17.3 Å². The molecule has 0 unspecified atom stereocenters. The Bertz CT molecular complexity index is 981. The maximum atomic E-state index is 9.22. The van der Waals surface area contributed by atoms with Crippen LogP contribution in [0.3, 0.4) is 0 Å². The number of fused-ring (bicyclic) bond motifs is 1. The molecule has 2 N–H and O–H groups in total. The van der Waals surface area contributed by atoms with Gasteiger partial charge in [-0.3, -0.25) is 4.68 Å². The highest BCUT2D eigenvalue weighted by Crippen LogP contribution is 2.58. The summed E-state index contributed by atoms with van der Waals surface area (Å²) in [6, 6.07) is 6.84. The van der Waals surface area contributed by atoms with Gasteiger partial charge in [-0.1, -0.05) is 0 Å². The van der Waals surface area contributed by atoms with Crippen LogP contribution in [0.15, 0.2) is 30.1 Å². The van der Waals surface area contributed by atoms with Gasteiger partial charge in [-0.05, 0) is 37.8 Å². The summed E-state index contributed by atoms with van der Waals surface area (Å²) in [6.07, 6.45) is 4.02. The number of hydrogen-bond donors (Lipinski definition) is 1. The van der Waals surface area contributed by atoms with E-state index in [-0.39, 0.29) is 11.9 Å². The molecule has 2 aromatic rings. The normalized spacial score (nSPS) is 23.8. The van der Waals surface area contributed by atoms with Crippen LogP contribution in [0.4, 0.5) is 5.82 Å². The molecule has 3 aliphatic rings. The van der Waals surface area contributed by atoms with Crippen molar-refractivity contribution in [2.24, 2.45) is 5.92 Å². The minimum absolute atomic E-state index is 0.256. The van der Waals surface area contributed by atoms with Crippen LogP contribution < -0.4 is 5.73 Å². The van der Waals surface area contributed by atoms with Gasteiger partial charge in [0.25, 0.3) is 0 Å². The first-order valence-corrected chi connectivity index (χ1v) is 9.37. The number of nitrogens with two attached hydrogens (primary N) is 1. The highest BCUT2D eigenvalue weighted by atomic mass is 16.5. The van der Waals surface area contributed by atoms with Crippen molar-refractivity contribution in [2.45, 2.75) is 31.8 Å². The summed E-state index contributed by atoms with van der Waals surface area (Å²) in [4.78, 5) is 6.58. The van der Waals surface area contributed by atoms with Gasteiger partial charge in [0, 0.05) is 41.9 Å². The van der Waals surface area contributed by atoms with Gasteiger partial charge < -0.3 is 15.4 Å². The molecule has 2 atom stereocenters. The highest BCUT2D eigenvalue weighted by Gasteiger charge is 2.52. The number of hydrogen-bond acceptors (Lipinski definition) is 6. The Morgan fingerprint density at radius 3 is 2.74 bits per heavy atom. The van der Waals surface area contributed by atoms with Crippen LogP contribution in [0.5, 0.6) is 0 Å². The van der Waals surface area contributed by atoms with Crippen LogP contribution in [-0.4, -0.2) is 45.5 Å². The van der Waals surface area contributed by atoms with Crippen molar-refractivity contribution in [1.29, 1.82) is 5.26 Å². The molecule has 0 radical (unpaired) electrons. The van der Waals surface area contributed by atoms with E-state index in [2.05, 4.69) is 46.7 Å². The quantitative estimate of drug-likeness (QED) is 0.897. The third-order valence-electron chi connectivity index (χ3n) is 5.80. The fourth-order valence-corrected chi connectivity index (χ4v) is 4.14. The maximum Gasteiger partial charge on any atom is 0.141 e. The molecule has 0 aromatic carbocycles. The summed E-state index contributed by atoms with van der Waals surface area (Å²) in [6.45, 7) is 7.06. The zero-order valence-corrected chi connectivity index (χ0v) is 15.5. The average molecular weight is 362 g/mol. The predicted molar refractivity (Wildman–Crippen MR) is 101 cm³/mol. The number of aromatic nitrogens is 3. The van der Waals surface area contributed by atoms with Crippen molar-refractivity contribution in [3.63, 3.8) is 0 Å². The minimum Gasteiger partial charge on any atom is -0.383 e. The van der Waals surface area contributed by atoms with Crippen molar-refractivity contribution < 1.29 is 4.74 Å². The number of pyridine rings is 1. The average Bonchev–Trinajstić information content (AvgIpc) is 2.98. The Hall–Kier alpha value is -2.85. The highest BCUT2D eigenvalue weighted by molar-refractivity contribution is 5.65. The molecular weight excluding hydrogens is 340 g/mol. The van der Waals surface area contributed by atoms with Gasteiger partial charge in [-0.2, -0.15) is 10.4 Å². The molecule has 7 heteroatoms. The summed E-state index contributed by atoms with van der Waals surface area (Å²) >= 11 is 0. The Kier molecular flexibility index (Phi) is 3.52. The van der Waals surface area contributed by atoms with E-state index < -0.39 is 0 Å². The number of anilines is 1. The van der Waals surface area contributed by atoms with E-state index in [1.807, 2.05) is 0 Å². The fourth-order valence-electron chi connectivity index (χ4n) is 4.14. The van der Waals surface area contributed by atoms with E-state index in [1.165, 1.54) is 11.3 Å². The van der Waals surface area contributed by atoms with Crippen molar-refractivity contribution in [1.82, 2.24) is 19.7 Å². The smallest absolute Gasteiger partial charge is 0.141 e. The van der Waals surface area contributed by atoms with Crippen LogP contribution in [0, 0.1) is 17.2 Å². The van der Waals surface area contributed by atoms with E-state index in [1.54, 1.807) is 12.3 Å². The number of rotatable bonds is 4. The third-order valence-corrected chi connectivity index (χ3v) is 5.80. The lowest BCUT2D eigenvalue weighted by Crippen LogP contribution is -2.46. The Morgan fingerprint density at radius 2 is 2.15 bits per heavy atom. The number of nitrogen functional groups attached to an aromatic ring is 1. The van der Waals surface area contributed by atoms with E-state index in [0.717, 1.165) is 31.0 Å². The van der Waals surface area contributed by atoms with Gasteiger partial charge in [0.1, 0.15) is 11.9 Å². The van der Waals surface area contributed by atoms with Crippen LogP contribution in [0.2, 0.25) is 0 Å². The second-order valence-electron chi connectivity index (χ2n) is 7.86. The molecule has 2 fully saturated rings. The minimum atomic E-state index is 0.256. The molecule has 0 spiro atoms. The monoisotopic (exact) mass is 362 g/mol. The van der Waals surface area contributed by atoms with E-state index >= 15 is 0 Å². The van der Waals surface area contributed by atoms with Gasteiger partial charge in [0.2, 0.25) is 0 Å². The zero-order valence-electron chi connectivity index (χ0n) is 15.5. The zero-order chi connectivity index (χ0) is 18.7. The second-order valence-corrected chi connectivity index (χ2v) is 7.86. The summed E-state index contributed by atoms with van der Waals surface area (Å²) in [5.41, 5.74) is 10.6. The van der Waals surface area contributed by atoms with Gasteiger partial charge in [0.05, 0.1) is 30.5 Å². The molecule has 1 saturated carbocycles. The summed E-state index contributed by atoms with van der Waals surface area (Å²) < 4.78 is 7.43. The Morgan fingerprint density at radius 1 is 1.33 bits per heavy atom. The molecule has 5 rings (SSSR count). The van der Waals surface area contributed by atoms with Crippen LogP contribution >= 0.6 is 0 Å². The fraction of sp³-hybridized carbons (Fsp3) is 0.450. The molecule has 2 aromatic heterocycles. The van der Waals surface area contributed by atoms with Crippen molar-refractivity contribution >= 4 is 5.82 Å². The van der Waals surface area contributed by atoms with Gasteiger partial charge in [-0.25, -0.2) is 4.98 Å². The summed E-state index contributed by atoms with van der Waals surface area (Å²) in [5.74, 6) is 1.29. The van der Waals surface area contributed by atoms with E-state index in [0.29, 0.717) is 23.4 Å². The Labute approximate surface area is 158 Å². The lowest BCUT2D eigenvalue weighted by atomic mass is 10.1. The van der Waals surface area contributed by atoms with E-state index in [4.69, 9.17) is 15.6 Å². The lowest BCUT2D eigenvalue weighted by Gasteiger charge is -2.35. The number of nitrogens with zero attached hydrogens (tertiary/aromatic N) is 5. The predicted octanol–water partition coefficient (Wildman–Crippen LogP) is 2.29. The van der Waals surface area contributed by atoms with Crippen LogP contribution in [0.1, 0.15) is 37.1 Å². The van der Waals surface area contributed by atoms with Crippen LogP contribution in [-0.2, 0) is 4.74 Å². The molecule has 27 heavy (non-hydrogen) atoms. The summed E-state index contributed by atoms with van der Waals surface area (Å²) in [5, 5.41) is 14.0. The maximum absolute atomic E-state index is 9.22. The molecule has 138 valence electrons. The second kappa shape index (κ2) is 5.83. The third kappa shape index (κ3) is 2.52. The van der Waals surface area contributed by atoms with E-state index in [9.17, 15) is 5.26 Å². The number of nitriles is 1. The molecule has 1 aliphatic carbocycles. The topological polar surface area (TPSA) is 93.0 Å². The standard InChI is InChI=1S/C20H22N6O/c1-11(2)26-18(19-15-7-25(8-16(15)19)14-9-27-10-14)4-17(24-26)13-3-12(5-21)20(22)23-6-13/h3-4,6-7,11,14,16,19H,8-10H2,1-2H3,(H2,22,23)/t16-,19-/m1/s1. The first-order chi connectivity index (χ1) is 13.1. The number of ether oxygens (including phenoxy) is 1. The molecule has 1 saturated heterocycles. The molecule has 2 aliphatic heterocycles.